The molecule has 1 atom stereocenters. The van der Waals surface area contributed by atoms with Gasteiger partial charge in [0.1, 0.15) is 5.75 Å². The van der Waals surface area contributed by atoms with Gasteiger partial charge in [-0.3, -0.25) is 4.79 Å². The lowest BCUT2D eigenvalue weighted by atomic mass is 9.90. The van der Waals surface area contributed by atoms with Gasteiger partial charge in [0, 0.05) is 12.1 Å². The van der Waals surface area contributed by atoms with E-state index in [1.165, 1.54) is 24.3 Å². The summed E-state index contributed by atoms with van der Waals surface area (Å²) in [5.41, 5.74) is 1.58. The van der Waals surface area contributed by atoms with Gasteiger partial charge in [-0.2, -0.15) is 0 Å². The van der Waals surface area contributed by atoms with Crippen molar-refractivity contribution in [3.8, 4) is 5.75 Å². The second kappa shape index (κ2) is 6.62. The summed E-state index contributed by atoms with van der Waals surface area (Å²) in [4.78, 5) is 12.3. The van der Waals surface area contributed by atoms with Crippen LogP contribution in [-0.4, -0.2) is 20.9 Å². The highest BCUT2D eigenvalue weighted by Gasteiger charge is 2.23. The van der Waals surface area contributed by atoms with Crippen LogP contribution in [0.15, 0.2) is 53.4 Å². The van der Waals surface area contributed by atoms with Crippen LogP contribution in [0.5, 0.6) is 5.75 Å². The molecule has 24 heavy (non-hydrogen) atoms. The number of ether oxygens (including phenoxy) is 1. The number of nitrogens with one attached hydrogen (secondary N) is 1. The van der Waals surface area contributed by atoms with Crippen LogP contribution in [0.1, 0.15) is 24.3 Å². The van der Waals surface area contributed by atoms with E-state index in [1.807, 2.05) is 24.3 Å². The van der Waals surface area contributed by atoms with E-state index < -0.39 is 10.0 Å². The van der Waals surface area contributed by atoms with Gasteiger partial charge in [-0.15, -0.1) is 0 Å². The number of carbonyl (C=O) groups is 1. The quantitative estimate of drug-likeness (QED) is 0.887. The summed E-state index contributed by atoms with van der Waals surface area (Å²) < 4.78 is 28.0. The van der Waals surface area contributed by atoms with Crippen molar-refractivity contribution in [1.29, 1.82) is 0 Å². The molecule has 1 amide bonds. The van der Waals surface area contributed by atoms with Crippen molar-refractivity contribution in [1.82, 2.24) is 0 Å². The van der Waals surface area contributed by atoms with Gasteiger partial charge >= 0.3 is 0 Å². The highest BCUT2D eigenvalue weighted by molar-refractivity contribution is 7.89. The molecule has 7 heteroatoms. The second-order valence-electron chi connectivity index (χ2n) is 5.69. The average Bonchev–Trinajstić information content (AvgIpc) is 2.55. The maximum Gasteiger partial charge on any atom is 0.238 e. The van der Waals surface area contributed by atoms with Crippen LogP contribution in [-0.2, 0) is 14.8 Å². The zero-order chi connectivity index (χ0) is 17.2. The SMILES string of the molecule is NS(=O)(=O)c1ccc(NC(=O)C[C@H]2CCOc3ccccc32)cc1. The van der Waals surface area contributed by atoms with Crippen molar-refractivity contribution in [2.24, 2.45) is 5.14 Å². The number of hydrogen-bond acceptors (Lipinski definition) is 4. The first kappa shape index (κ1) is 16.5. The highest BCUT2D eigenvalue weighted by Crippen LogP contribution is 2.35. The van der Waals surface area contributed by atoms with E-state index in [0.717, 1.165) is 17.7 Å². The fourth-order valence-electron chi connectivity index (χ4n) is 2.79. The van der Waals surface area contributed by atoms with Crippen LogP contribution in [0.25, 0.3) is 0 Å². The fourth-order valence-corrected chi connectivity index (χ4v) is 3.31. The van der Waals surface area contributed by atoms with Gasteiger partial charge in [0.25, 0.3) is 0 Å². The molecule has 0 unspecified atom stereocenters. The molecule has 2 aromatic carbocycles. The number of rotatable bonds is 4. The molecule has 1 aliphatic heterocycles. The summed E-state index contributed by atoms with van der Waals surface area (Å²) in [5.74, 6) is 0.817. The lowest BCUT2D eigenvalue weighted by Gasteiger charge is -2.25. The fraction of sp³-hybridized carbons (Fsp3) is 0.235. The number of para-hydroxylation sites is 1. The van der Waals surface area contributed by atoms with Gasteiger partial charge in [0.05, 0.1) is 11.5 Å². The Morgan fingerprint density at radius 2 is 1.88 bits per heavy atom. The smallest absolute Gasteiger partial charge is 0.238 e. The topological polar surface area (TPSA) is 98.5 Å². The van der Waals surface area contributed by atoms with Crippen molar-refractivity contribution in [3.05, 3.63) is 54.1 Å². The molecule has 0 fully saturated rings. The van der Waals surface area contributed by atoms with Crippen LogP contribution < -0.4 is 15.2 Å². The summed E-state index contributed by atoms with van der Waals surface area (Å²) in [6, 6.07) is 13.5. The molecule has 0 bridgehead atoms. The van der Waals surface area contributed by atoms with Crippen molar-refractivity contribution < 1.29 is 17.9 Å². The Balaban J connectivity index is 1.66. The maximum absolute atomic E-state index is 12.3. The number of fused-ring (bicyclic) bond motifs is 1. The minimum absolute atomic E-state index is 0.0128. The molecular formula is C17H18N2O4S. The number of carbonyl (C=O) groups excluding carboxylic acids is 1. The van der Waals surface area contributed by atoms with E-state index in [9.17, 15) is 13.2 Å². The summed E-state index contributed by atoms with van der Waals surface area (Å²) in [5, 5.41) is 7.83. The Hall–Kier alpha value is -2.38. The summed E-state index contributed by atoms with van der Waals surface area (Å²) in [6.07, 6.45) is 1.13. The zero-order valence-corrected chi connectivity index (χ0v) is 13.8. The van der Waals surface area contributed by atoms with Gasteiger partial charge in [0.2, 0.25) is 15.9 Å². The van der Waals surface area contributed by atoms with Gasteiger partial charge in [-0.1, -0.05) is 18.2 Å². The molecule has 0 aromatic heterocycles. The second-order valence-corrected chi connectivity index (χ2v) is 7.25. The highest BCUT2D eigenvalue weighted by atomic mass is 32.2. The van der Waals surface area contributed by atoms with Crippen molar-refractivity contribution in [2.75, 3.05) is 11.9 Å². The first-order valence-corrected chi connectivity index (χ1v) is 9.12. The number of sulfonamides is 1. The standard InChI is InChI=1S/C17H18N2O4S/c18-24(21,22)14-7-5-13(6-8-14)19-17(20)11-12-9-10-23-16-4-2-1-3-15(12)16/h1-8,12H,9-11H2,(H,19,20)(H2,18,21,22)/t12-/m1/s1. The molecule has 3 N–H and O–H groups in total. The molecule has 6 nitrogen and oxygen atoms in total. The van der Waals surface area contributed by atoms with Crippen LogP contribution in [0.3, 0.4) is 0 Å². The number of benzene rings is 2. The van der Waals surface area contributed by atoms with Crippen LogP contribution >= 0.6 is 0 Å². The van der Waals surface area contributed by atoms with Crippen molar-refractivity contribution in [2.45, 2.75) is 23.7 Å². The molecule has 1 aliphatic rings. The molecule has 0 aliphatic carbocycles. The Bertz CT molecular complexity index is 847. The summed E-state index contributed by atoms with van der Waals surface area (Å²) in [6.45, 7) is 0.595. The molecule has 0 saturated heterocycles. The molecule has 3 rings (SSSR count). The summed E-state index contributed by atoms with van der Waals surface area (Å²) >= 11 is 0. The number of amides is 1. The first-order chi connectivity index (χ1) is 11.4. The van der Waals surface area contributed by atoms with Crippen LogP contribution in [0.2, 0.25) is 0 Å². The first-order valence-electron chi connectivity index (χ1n) is 7.58. The van der Waals surface area contributed by atoms with E-state index >= 15 is 0 Å². The Kier molecular flexibility index (Phi) is 4.55. The third kappa shape index (κ3) is 3.74. The predicted octanol–water partition coefficient (Wildman–Crippen LogP) is 2.23. The predicted molar refractivity (Wildman–Crippen MR) is 90.4 cm³/mol. The maximum atomic E-state index is 12.3. The Morgan fingerprint density at radius 1 is 1.17 bits per heavy atom. The Morgan fingerprint density at radius 3 is 2.58 bits per heavy atom. The molecule has 1 heterocycles. The van der Waals surface area contributed by atoms with E-state index in [1.54, 1.807) is 0 Å². The third-order valence-electron chi connectivity index (χ3n) is 3.98. The van der Waals surface area contributed by atoms with Gasteiger partial charge in [0.15, 0.2) is 0 Å². The molecule has 0 saturated carbocycles. The number of primary sulfonamides is 1. The van der Waals surface area contributed by atoms with Gasteiger partial charge in [-0.25, -0.2) is 13.6 Å². The minimum Gasteiger partial charge on any atom is -0.493 e. The van der Waals surface area contributed by atoms with Gasteiger partial charge < -0.3 is 10.1 Å². The molecule has 0 radical (unpaired) electrons. The van der Waals surface area contributed by atoms with Gasteiger partial charge in [-0.05, 0) is 48.2 Å². The molecule has 0 spiro atoms. The van der Waals surface area contributed by atoms with Crippen molar-refractivity contribution in [3.63, 3.8) is 0 Å². The van der Waals surface area contributed by atoms with Crippen molar-refractivity contribution >= 4 is 21.6 Å². The monoisotopic (exact) mass is 346 g/mol. The zero-order valence-electron chi connectivity index (χ0n) is 12.9. The Labute approximate surface area is 140 Å². The third-order valence-corrected chi connectivity index (χ3v) is 4.91. The average molecular weight is 346 g/mol. The summed E-state index contributed by atoms with van der Waals surface area (Å²) in [7, 11) is -3.73. The molecule has 126 valence electrons. The lowest BCUT2D eigenvalue weighted by molar-refractivity contribution is -0.116. The lowest BCUT2D eigenvalue weighted by Crippen LogP contribution is -2.20. The van der Waals surface area contributed by atoms with Crippen LogP contribution in [0, 0.1) is 0 Å². The normalized spacial score (nSPS) is 16.8. The molecular weight excluding hydrogens is 328 g/mol. The number of anilines is 1. The van der Waals surface area contributed by atoms with E-state index in [2.05, 4.69) is 5.32 Å². The van der Waals surface area contributed by atoms with E-state index in [-0.39, 0.29) is 16.7 Å². The van der Waals surface area contributed by atoms with E-state index in [0.29, 0.717) is 18.7 Å². The minimum atomic E-state index is -3.73. The largest absolute Gasteiger partial charge is 0.493 e. The molecule has 2 aromatic rings. The van der Waals surface area contributed by atoms with E-state index in [4.69, 9.17) is 9.88 Å². The van der Waals surface area contributed by atoms with Crippen LogP contribution in [0.4, 0.5) is 5.69 Å². The number of hydrogen-bond donors (Lipinski definition) is 2. The number of nitrogens with two attached hydrogens (primary N) is 1.